The normalized spacial score (nSPS) is 17.8. The van der Waals surface area contributed by atoms with Crippen molar-refractivity contribution in [3.8, 4) is 5.75 Å². The molecule has 0 N–H and O–H groups in total. The Morgan fingerprint density at radius 2 is 2.18 bits per heavy atom. The fourth-order valence-electron chi connectivity index (χ4n) is 2.31. The summed E-state index contributed by atoms with van der Waals surface area (Å²) >= 11 is 6.13. The van der Waals surface area contributed by atoms with Crippen molar-refractivity contribution in [3.05, 3.63) is 45.7 Å². The van der Waals surface area contributed by atoms with Gasteiger partial charge in [0.2, 0.25) is 0 Å². The van der Waals surface area contributed by atoms with Crippen molar-refractivity contribution < 1.29 is 9.53 Å². The Morgan fingerprint density at radius 3 is 3.00 bits per heavy atom. The number of halogens is 1. The second kappa shape index (κ2) is 4.04. The van der Waals surface area contributed by atoms with E-state index in [1.165, 1.54) is 0 Å². The smallest absolute Gasteiger partial charge is 0.149 e. The molecule has 0 unspecified atom stereocenters. The van der Waals surface area contributed by atoms with E-state index in [1.54, 1.807) is 0 Å². The lowest BCUT2D eigenvalue weighted by molar-refractivity contribution is -0.105. The van der Waals surface area contributed by atoms with E-state index in [-0.39, 0.29) is 0 Å². The average molecular weight is 247 g/mol. The quantitative estimate of drug-likeness (QED) is 0.706. The summed E-state index contributed by atoms with van der Waals surface area (Å²) in [5.74, 6) is 1.47. The molecule has 0 bridgehead atoms. The maximum Gasteiger partial charge on any atom is 0.149 e. The summed E-state index contributed by atoms with van der Waals surface area (Å²) < 4.78 is 5.82. The zero-order valence-corrected chi connectivity index (χ0v) is 9.96. The van der Waals surface area contributed by atoms with Gasteiger partial charge in [0.15, 0.2) is 0 Å². The van der Waals surface area contributed by atoms with E-state index in [0.717, 1.165) is 53.8 Å². The predicted octanol–water partition coefficient (Wildman–Crippen LogP) is 3.75. The first-order chi connectivity index (χ1) is 8.29. The minimum atomic E-state index is 0.687. The van der Waals surface area contributed by atoms with Crippen molar-refractivity contribution in [2.75, 3.05) is 0 Å². The molecule has 0 spiro atoms. The zero-order chi connectivity index (χ0) is 11.8. The molecule has 0 atom stereocenters. The van der Waals surface area contributed by atoms with Crippen LogP contribution in [0.1, 0.15) is 24.8 Å². The number of carbonyl (C=O) groups is 1. The molecule has 1 aromatic rings. The number of rotatable bonds is 1. The Balaban J connectivity index is 2.19. The molecule has 1 aromatic carbocycles. The number of ether oxygens (including phenoxy) is 1. The number of hydrogen-bond donors (Lipinski definition) is 0. The summed E-state index contributed by atoms with van der Waals surface area (Å²) in [6.45, 7) is 0. The van der Waals surface area contributed by atoms with E-state index in [4.69, 9.17) is 16.3 Å². The summed E-state index contributed by atoms with van der Waals surface area (Å²) in [6.07, 6.45) is 5.67. The molecule has 0 fully saturated rings. The lowest BCUT2D eigenvalue weighted by Gasteiger charge is -2.25. The molecule has 3 heteroatoms. The van der Waals surface area contributed by atoms with Crippen LogP contribution in [0.5, 0.6) is 5.75 Å². The first kappa shape index (κ1) is 10.6. The molecule has 17 heavy (non-hydrogen) atoms. The van der Waals surface area contributed by atoms with Crippen LogP contribution in [0.2, 0.25) is 5.02 Å². The second-order valence-electron chi connectivity index (χ2n) is 4.25. The summed E-state index contributed by atoms with van der Waals surface area (Å²) in [6, 6.07) is 5.57. The maximum absolute atomic E-state index is 11.0. The molecule has 1 aliphatic heterocycles. The van der Waals surface area contributed by atoms with Gasteiger partial charge in [-0.05, 0) is 43.0 Å². The van der Waals surface area contributed by atoms with Gasteiger partial charge in [-0.2, -0.15) is 0 Å². The van der Waals surface area contributed by atoms with Crippen molar-refractivity contribution in [2.45, 2.75) is 19.3 Å². The number of aldehydes is 1. The number of benzene rings is 1. The van der Waals surface area contributed by atoms with Gasteiger partial charge in [0.25, 0.3) is 0 Å². The summed E-state index contributed by atoms with van der Waals surface area (Å²) in [7, 11) is 0. The lowest BCUT2D eigenvalue weighted by Crippen LogP contribution is -2.13. The van der Waals surface area contributed by atoms with Gasteiger partial charge in [0.05, 0.1) is 5.02 Å². The van der Waals surface area contributed by atoms with Crippen molar-refractivity contribution >= 4 is 24.0 Å². The third kappa shape index (κ3) is 1.69. The van der Waals surface area contributed by atoms with Gasteiger partial charge in [0.1, 0.15) is 17.8 Å². The van der Waals surface area contributed by atoms with Crippen molar-refractivity contribution in [2.24, 2.45) is 0 Å². The fraction of sp³-hybridized carbons (Fsp3) is 0.214. The van der Waals surface area contributed by atoms with Crippen LogP contribution in [0.4, 0.5) is 0 Å². The molecule has 86 valence electrons. The zero-order valence-electron chi connectivity index (χ0n) is 9.20. The highest BCUT2D eigenvalue weighted by molar-refractivity contribution is 6.32. The standard InChI is InChI=1S/C14H11ClO2/c15-12-5-2-6-13-11(12)7-9-3-1-4-10(8-16)14(9)17-13/h2,5-8H,1,3-4H2. The minimum Gasteiger partial charge on any atom is -0.456 e. The van der Waals surface area contributed by atoms with Gasteiger partial charge in [-0.1, -0.05) is 17.7 Å². The highest BCUT2D eigenvalue weighted by Gasteiger charge is 2.24. The number of allylic oxidation sites excluding steroid dienone is 2. The first-order valence-corrected chi connectivity index (χ1v) is 6.03. The topological polar surface area (TPSA) is 26.3 Å². The number of hydrogen-bond acceptors (Lipinski definition) is 2. The van der Waals surface area contributed by atoms with Crippen molar-refractivity contribution in [1.82, 2.24) is 0 Å². The minimum absolute atomic E-state index is 0.687. The van der Waals surface area contributed by atoms with Crippen LogP contribution >= 0.6 is 11.6 Å². The van der Waals surface area contributed by atoms with Crippen LogP contribution in [0, 0.1) is 0 Å². The SMILES string of the molecule is O=CC1=C2Oc3cccc(Cl)c3C=C2CCC1. The second-order valence-corrected chi connectivity index (χ2v) is 4.66. The van der Waals surface area contributed by atoms with Gasteiger partial charge in [-0.15, -0.1) is 0 Å². The third-order valence-corrected chi connectivity index (χ3v) is 3.49. The largest absolute Gasteiger partial charge is 0.456 e. The van der Waals surface area contributed by atoms with Crippen LogP contribution in [0.15, 0.2) is 35.1 Å². The molecule has 0 radical (unpaired) electrons. The van der Waals surface area contributed by atoms with E-state index in [1.807, 2.05) is 24.3 Å². The van der Waals surface area contributed by atoms with Gasteiger partial charge < -0.3 is 4.74 Å². The van der Waals surface area contributed by atoms with Gasteiger partial charge in [-0.3, -0.25) is 4.79 Å². The van der Waals surface area contributed by atoms with Crippen LogP contribution < -0.4 is 4.74 Å². The Labute approximate surface area is 105 Å². The van der Waals surface area contributed by atoms with E-state index in [0.29, 0.717) is 5.02 Å². The Kier molecular flexibility index (Phi) is 2.52. The number of fused-ring (bicyclic) bond motifs is 2. The summed E-state index contributed by atoms with van der Waals surface area (Å²) in [4.78, 5) is 11.0. The van der Waals surface area contributed by atoms with E-state index < -0.39 is 0 Å². The van der Waals surface area contributed by atoms with Crippen LogP contribution in [0.25, 0.3) is 6.08 Å². The third-order valence-electron chi connectivity index (χ3n) is 3.16. The predicted molar refractivity (Wildman–Crippen MR) is 67.0 cm³/mol. The molecule has 3 rings (SSSR count). The molecule has 0 saturated carbocycles. The van der Waals surface area contributed by atoms with Crippen molar-refractivity contribution in [1.29, 1.82) is 0 Å². The molecule has 0 aromatic heterocycles. The molecular weight excluding hydrogens is 236 g/mol. The molecule has 0 amide bonds. The molecule has 1 aliphatic carbocycles. The molecule has 0 saturated heterocycles. The monoisotopic (exact) mass is 246 g/mol. The van der Waals surface area contributed by atoms with Gasteiger partial charge >= 0.3 is 0 Å². The van der Waals surface area contributed by atoms with E-state index in [2.05, 4.69) is 0 Å². The summed E-state index contributed by atoms with van der Waals surface area (Å²) in [5.41, 5.74) is 2.76. The maximum atomic E-state index is 11.0. The number of carbonyl (C=O) groups excluding carboxylic acids is 1. The molecular formula is C14H11ClO2. The average Bonchev–Trinajstić information content (AvgIpc) is 2.36. The van der Waals surface area contributed by atoms with E-state index in [9.17, 15) is 4.79 Å². The molecule has 2 nitrogen and oxygen atoms in total. The van der Waals surface area contributed by atoms with Crippen LogP contribution in [0.3, 0.4) is 0 Å². The highest BCUT2D eigenvalue weighted by atomic mass is 35.5. The Bertz CT molecular complexity index is 555. The Morgan fingerprint density at radius 1 is 1.29 bits per heavy atom. The van der Waals surface area contributed by atoms with E-state index >= 15 is 0 Å². The highest BCUT2D eigenvalue weighted by Crippen LogP contribution is 2.40. The molecule has 2 aliphatic rings. The van der Waals surface area contributed by atoms with Crippen LogP contribution in [-0.4, -0.2) is 6.29 Å². The summed E-state index contributed by atoms with van der Waals surface area (Å²) in [5, 5.41) is 0.687. The Hall–Kier alpha value is -1.54. The van der Waals surface area contributed by atoms with Gasteiger partial charge in [-0.25, -0.2) is 0 Å². The van der Waals surface area contributed by atoms with Crippen LogP contribution in [-0.2, 0) is 4.79 Å². The van der Waals surface area contributed by atoms with Gasteiger partial charge in [0, 0.05) is 11.1 Å². The lowest BCUT2D eigenvalue weighted by atomic mass is 9.91. The first-order valence-electron chi connectivity index (χ1n) is 5.65. The van der Waals surface area contributed by atoms with Crippen molar-refractivity contribution in [3.63, 3.8) is 0 Å². The fourth-order valence-corrected chi connectivity index (χ4v) is 2.53. The molecule has 1 heterocycles.